The highest BCUT2D eigenvalue weighted by Gasteiger charge is 2.35. The van der Waals surface area contributed by atoms with Crippen LogP contribution in [0.3, 0.4) is 0 Å². The van der Waals surface area contributed by atoms with Gasteiger partial charge >= 0.3 is 6.18 Å². The molecule has 1 aromatic carbocycles. The fraction of sp³-hybridized carbons (Fsp3) is 0.400. The number of imidazole rings is 1. The molecule has 5 nitrogen and oxygen atoms in total. The quantitative estimate of drug-likeness (QED) is 0.653. The monoisotopic (exact) mass is 329 g/mol. The molecular weight excluding hydrogens is 311 g/mol. The lowest BCUT2D eigenvalue weighted by Gasteiger charge is -2.12. The molecule has 2 rings (SSSR count). The SMILES string of the molecule is CCOCCOc1ccc(-c2ncc(C(F)(F)F)n2C)cc1N. The van der Waals surface area contributed by atoms with Crippen LogP contribution in [0.15, 0.2) is 24.4 Å². The van der Waals surface area contributed by atoms with Crippen molar-refractivity contribution in [3.8, 4) is 17.1 Å². The van der Waals surface area contributed by atoms with Crippen LogP contribution >= 0.6 is 0 Å². The topological polar surface area (TPSA) is 62.3 Å². The molecule has 0 aliphatic rings. The summed E-state index contributed by atoms with van der Waals surface area (Å²) in [7, 11) is 1.31. The fourth-order valence-corrected chi connectivity index (χ4v) is 2.12. The van der Waals surface area contributed by atoms with Gasteiger partial charge in [-0.05, 0) is 25.1 Å². The number of rotatable bonds is 6. The minimum absolute atomic E-state index is 0.185. The molecule has 2 aromatic rings. The van der Waals surface area contributed by atoms with Crippen molar-refractivity contribution in [1.29, 1.82) is 0 Å². The van der Waals surface area contributed by atoms with E-state index in [0.29, 0.717) is 36.8 Å². The summed E-state index contributed by atoms with van der Waals surface area (Å²) in [5, 5.41) is 0. The van der Waals surface area contributed by atoms with Gasteiger partial charge < -0.3 is 19.8 Å². The number of nitrogens with zero attached hydrogens (tertiary/aromatic N) is 2. The van der Waals surface area contributed by atoms with E-state index in [9.17, 15) is 13.2 Å². The number of alkyl halides is 3. The van der Waals surface area contributed by atoms with Gasteiger partial charge in [0.25, 0.3) is 0 Å². The van der Waals surface area contributed by atoms with Crippen LogP contribution < -0.4 is 10.5 Å². The third-order valence-electron chi connectivity index (χ3n) is 3.24. The molecule has 0 aliphatic heterocycles. The first-order valence-electron chi connectivity index (χ1n) is 7.04. The summed E-state index contributed by atoms with van der Waals surface area (Å²) < 4.78 is 50.0. The van der Waals surface area contributed by atoms with Crippen LogP contribution in [-0.2, 0) is 18.0 Å². The molecule has 0 saturated heterocycles. The van der Waals surface area contributed by atoms with Gasteiger partial charge in [0, 0.05) is 19.2 Å². The lowest BCUT2D eigenvalue weighted by atomic mass is 10.1. The lowest BCUT2D eigenvalue weighted by Crippen LogP contribution is -2.11. The standard InChI is InChI=1S/C15H18F3N3O2/c1-3-22-6-7-23-12-5-4-10(8-11(12)19)14-20-9-13(21(14)2)15(16,17)18/h4-5,8-9H,3,6-7,19H2,1-2H3. The molecule has 0 aliphatic carbocycles. The van der Waals surface area contributed by atoms with Crippen molar-refractivity contribution >= 4 is 5.69 Å². The Morgan fingerprint density at radius 3 is 2.57 bits per heavy atom. The van der Waals surface area contributed by atoms with E-state index in [4.69, 9.17) is 15.2 Å². The molecule has 0 bridgehead atoms. The van der Waals surface area contributed by atoms with Crippen molar-refractivity contribution in [1.82, 2.24) is 9.55 Å². The molecule has 0 radical (unpaired) electrons. The van der Waals surface area contributed by atoms with Gasteiger partial charge in [0.1, 0.15) is 23.9 Å². The molecule has 0 unspecified atom stereocenters. The van der Waals surface area contributed by atoms with Crippen LogP contribution in [0.5, 0.6) is 5.75 Å². The number of ether oxygens (including phenoxy) is 2. The highest BCUT2D eigenvalue weighted by atomic mass is 19.4. The van der Waals surface area contributed by atoms with Crippen molar-refractivity contribution in [3.63, 3.8) is 0 Å². The van der Waals surface area contributed by atoms with Gasteiger partial charge in [-0.1, -0.05) is 0 Å². The second-order valence-electron chi connectivity index (χ2n) is 4.82. The zero-order chi connectivity index (χ0) is 17.0. The van der Waals surface area contributed by atoms with Crippen molar-refractivity contribution in [3.05, 3.63) is 30.1 Å². The molecule has 0 saturated carbocycles. The maximum absolute atomic E-state index is 12.8. The van der Waals surface area contributed by atoms with Gasteiger partial charge in [-0.15, -0.1) is 0 Å². The normalized spacial score (nSPS) is 11.7. The Bertz CT molecular complexity index is 668. The average Bonchev–Trinajstić information content (AvgIpc) is 2.86. The summed E-state index contributed by atoms with van der Waals surface area (Å²) in [6.45, 7) is 3.26. The number of hydrogen-bond donors (Lipinski definition) is 1. The maximum Gasteiger partial charge on any atom is 0.433 e. The van der Waals surface area contributed by atoms with Crippen LogP contribution in [0.1, 0.15) is 12.6 Å². The number of anilines is 1. The second-order valence-corrected chi connectivity index (χ2v) is 4.82. The molecule has 1 heterocycles. The third-order valence-corrected chi connectivity index (χ3v) is 3.24. The second kappa shape index (κ2) is 6.91. The van der Waals surface area contributed by atoms with Gasteiger partial charge in [0.05, 0.1) is 18.5 Å². The van der Waals surface area contributed by atoms with Crippen LogP contribution in [0.2, 0.25) is 0 Å². The zero-order valence-corrected chi connectivity index (χ0v) is 12.9. The number of nitrogens with two attached hydrogens (primary N) is 1. The first-order valence-corrected chi connectivity index (χ1v) is 7.04. The number of hydrogen-bond acceptors (Lipinski definition) is 4. The summed E-state index contributed by atoms with van der Waals surface area (Å²) >= 11 is 0. The predicted molar refractivity (Wildman–Crippen MR) is 80.0 cm³/mol. The average molecular weight is 329 g/mol. The summed E-state index contributed by atoms with van der Waals surface area (Å²) in [5.74, 6) is 0.642. The Kier molecular flexibility index (Phi) is 5.15. The van der Waals surface area contributed by atoms with E-state index in [1.807, 2.05) is 6.92 Å². The first kappa shape index (κ1) is 17.1. The van der Waals surface area contributed by atoms with Crippen molar-refractivity contribution < 1.29 is 22.6 Å². The van der Waals surface area contributed by atoms with Gasteiger partial charge in [0.2, 0.25) is 0 Å². The predicted octanol–water partition coefficient (Wildman–Crippen LogP) is 3.10. The minimum Gasteiger partial charge on any atom is -0.489 e. The highest BCUT2D eigenvalue weighted by Crippen LogP contribution is 2.33. The van der Waals surface area contributed by atoms with E-state index in [2.05, 4.69) is 4.98 Å². The summed E-state index contributed by atoms with van der Waals surface area (Å²) in [5.41, 5.74) is 5.89. The van der Waals surface area contributed by atoms with E-state index >= 15 is 0 Å². The molecule has 23 heavy (non-hydrogen) atoms. The number of halogens is 3. The van der Waals surface area contributed by atoms with E-state index in [1.165, 1.54) is 7.05 Å². The fourth-order valence-electron chi connectivity index (χ4n) is 2.12. The molecule has 0 amide bonds. The van der Waals surface area contributed by atoms with Crippen LogP contribution in [-0.4, -0.2) is 29.4 Å². The Morgan fingerprint density at radius 1 is 1.26 bits per heavy atom. The summed E-state index contributed by atoms with van der Waals surface area (Å²) in [4.78, 5) is 3.84. The Labute approximate surface area is 131 Å². The van der Waals surface area contributed by atoms with Gasteiger partial charge in [-0.3, -0.25) is 0 Å². The van der Waals surface area contributed by atoms with E-state index < -0.39 is 11.9 Å². The van der Waals surface area contributed by atoms with Crippen molar-refractivity contribution in [2.45, 2.75) is 13.1 Å². The molecule has 0 spiro atoms. The Hall–Kier alpha value is -2.22. The van der Waals surface area contributed by atoms with Crippen molar-refractivity contribution in [2.24, 2.45) is 7.05 Å². The maximum atomic E-state index is 12.8. The minimum atomic E-state index is -4.45. The van der Waals surface area contributed by atoms with Crippen LogP contribution in [0.4, 0.5) is 18.9 Å². The largest absolute Gasteiger partial charge is 0.489 e. The number of benzene rings is 1. The Balaban J connectivity index is 2.19. The van der Waals surface area contributed by atoms with Crippen LogP contribution in [0, 0.1) is 0 Å². The molecular formula is C15H18F3N3O2. The molecule has 0 fully saturated rings. The van der Waals surface area contributed by atoms with Gasteiger partial charge in [-0.2, -0.15) is 13.2 Å². The van der Waals surface area contributed by atoms with E-state index in [-0.39, 0.29) is 5.82 Å². The molecule has 8 heteroatoms. The zero-order valence-electron chi connectivity index (χ0n) is 12.9. The number of aromatic nitrogens is 2. The lowest BCUT2D eigenvalue weighted by molar-refractivity contribution is -0.143. The third kappa shape index (κ3) is 3.95. The van der Waals surface area contributed by atoms with E-state index in [1.54, 1.807) is 18.2 Å². The van der Waals surface area contributed by atoms with E-state index in [0.717, 1.165) is 10.8 Å². The highest BCUT2D eigenvalue weighted by molar-refractivity contribution is 5.66. The van der Waals surface area contributed by atoms with Crippen LogP contribution in [0.25, 0.3) is 11.4 Å². The molecule has 1 aromatic heterocycles. The van der Waals surface area contributed by atoms with Crippen molar-refractivity contribution in [2.75, 3.05) is 25.6 Å². The first-order chi connectivity index (χ1) is 10.8. The number of nitrogen functional groups attached to an aromatic ring is 1. The van der Waals surface area contributed by atoms with Gasteiger partial charge in [-0.25, -0.2) is 4.98 Å². The summed E-state index contributed by atoms with van der Waals surface area (Å²) in [6.07, 6.45) is -3.65. The Morgan fingerprint density at radius 2 is 2.00 bits per heavy atom. The molecule has 0 atom stereocenters. The van der Waals surface area contributed by atoms with Gasteiger partial charge in [0.15, 0.2) is 0 Å². The summed E-state index contributed by atoms with van der Waals surface area (Å²) in [6, 6.07) is 4.77. The molecule has 126 valence electrons. The molecule has 2 N–H and O–H groups in total. The smallest absolute Gasteiger partial charge is 0.433 e.